The minimum absolute atomic E-state index is 0.0473. The van der Waals surface area contributed by atoms with Gasteiger partial charge in [-0.05, 0) is 17.7 Å². The van der Waals surface area contributed by atoms with Crippen LogP contribution in [-0.4, -0.2) is 22.3 Å². The molecule has 1 aliphatic carbocycles. The summed E-state index contributed by atoms with van der Waals surface area (Å²) in [6.45, 7) is 0. The third-order valence-corrected chi connectivity index (χ3v) is 1.74. The highest BCUT2D eigenvalue weighted by Gasteiger charge is 2.20. The molecule has 0 amide bonds. The second-order valence-electron chi connectivity index (χ2n) is 2.88. The van der Waals surface area contributed by atoms with Crippen molar-refractivity contribution >= 4 is 17.5 Å². The lowest BCUT2D eigenvalue weighted by Crippen LogP contribution is -2.18. The molecule has 80 valence electrons. The van der Waals surface area contributed by atoms with Crippen LogP contribution in [0.25, 0.3) is 0 Å². The molecule has 0 bridgehead atoms. The van der Waals surface area contributed by atoms with Gasteiger partial charge in [0.25, 0.3) is 5.78 Å². The van der Waals surface area contributed by atoms with Gasteiger partial charge in [-0.25, -0.2) is 0 Å². The Bertz CT molecular complexity index is 489. The number of aliphatic carboxylic acids is 1. The predicted molar refractivity (Wildman–Crippen MR) is 53.5 cm³/mol. The van der Waals surface area contributed by atoms with E-state index < -0.39 is 5.97 Å². The molecule has 0 atom stereocenters. The Hall–Kier alpha value is -2.52. The van der Waals surface area contributed by atoms with E-state index in [1.165, 1.54) is 24.3 Å². The van der Waals surface area contributed by atoms with Gasteiger partial charge in [0.2, 0.25) is 0 Å². The maximum atomic E-state index is 11.1. The third kappa shape index (κ3) is 3.32. The lowest BCUT2D eigenvalue weighted by atomic mass is 10.0. The predicted octanol–water partition coefficient (Wildman–Crippen LogP) is -0.406. The molecule has 0 saturated heterocycles. The highest BCUT2D eigenvalue weighted by Crippen LogP contribution is 2.06. The topological polar surface area (TPSA) is 95.2 Å². The lowest BCUT2D eigenvalue weighted by molar-refractivity contribution is -0.297. The summed E-state index contributed by atoms with van der Waals surface area (Å²) in [7, 11) is 0. The molecule has 0 aromatic heterocycles. The highest BCUT2D eigenvalue weighted by molar-refractivity contribution is 6.46. The molecule has 1 N–H and O–H groups in total. The first-order valence-corrected chi connectivity index (χ1v) is 4.37. The van der Waals surface area contributed by atoms with Gasteiger partial charge in [0.15, 0.2) is 0 Å². The Labute approximate surface area is 91.3 Å². The molecule has 0 spiro atoms. The van der Waals surface area contributed by atoms with Gasteiger partial charge in [-0.3, -0.25) is 4.79 Å². The van der Waals surface area contributed by atoms with Crippen molar-refractivity contribution in [2.45, 2.75) is 0 Å². The third-order valence-electron chi connectivity index (χ3n) is 1.74. The number of nitrogens with zero attached hydrogens (tertiary/aromatic N) is 1. The molecule has 1 rings (SSSR count). The van der Waals surface area contributed by atoms with Crippen LogP contribution in [0.5, 0.6) is 0 Å². The van der Waals surface area contributed by atoms with Crippen molar-refractivity contribution in [3.63, 3.8) is 0 Å². The lowest BCUT2D eigenvalue weighted by Gasteiger charge is -1.95. The van der Waals surface area contributed by atoms with Crippen LogP contribution >= 0.6 is 0 Å². The van der Waals surface area contributed by atoms with E-state index >= 15 is 0 Å². The Morgan fingerprint density at radius 2 is 2.12 bits per heavy atom. The maximum Gasteiger partial charge on any atom is 0.411 e. The zero-order chi connectivity index (χ0) is 12.0. The fourth-order valence-corrected chi connectivity index (χ4v) is 1.03. The first-order chi connectivity index (χ1) is 7.63. The molecule has 0 unspecified atom stereocenters. The number of carboxylic acid groups (broad SMARTS) is 1. The number of carbonyl (C=O) groups excluding carboxylic acids is 2. The van der Waals surface area contributed by atoms with Gasteiger partial charge < -0.3 is 9.90 Å². The molecule has 0 radical (unpaired) electrons. The number of carbonyl (C=O) groups is 2. The SMILES string of the molecule is N=[N+]=C1C=C(/C=C/C=C/C(=O)[O-])C=CC1=O. The summed E-state index contributed by atoms with van der Waals surface area (Å²) in [4.78, 5) is 24.2. The number of hydrogen-bond acceptors (Lipinski definition) is 4. The van der Waals surface area contributed by atoms with E-state index in [1.54, 1.807) is 12.2 Å². The van der Waals surface area contributed by atoms with E-state index in [1.807, 2.05) is 0 Å². The summed E-state index contributed by atoms with van der Waals surface area (Å²) in [6.07, 6.45) is 9.57. The molecule has 5 nitrogen and oxygen atoms in total. The molecular formula is C11H8N2O3. The molecule has 0 fully saturated rings. The second kappa shape index (κ2) is 5.38. The van der Waals surface area contributed by atoms with Gasteiger partial charge in [0.05, 0.1) is 16.3 Å². The molecular weight excluding hydrogens is 208 g/mol. The smallest absolute Gasteiger partial charge is 0.411 e. The molecule has 0 aliphatic heterocycles. The van der Waals surface area contributed by atoms with Gasteiger partial charge in [-0.15, -0.1) is 0 Å². The molecule has 1 aliphatic rings. The van der Waals surface area contributed by atoms with E-state index in [4.69, 9.17) is 5.53 Å². The molecule has 0 heterocycles. The average Bonchev–Trinajstić information content (AvgIpc) is 2.26. The van der Waals surface area contributed by atoms with E-state index in [2.05, 4.69) is 4.79 Å². The Kier molecular flexibility index (Phi) is 3.89. The van der Waals surface area contributed by atoms with Gasteiger partial charge in [-0.2, -0.15) is 0 Å². The Morgan fingerprint density at radius 3 is 2.75 bits per heavy atom. The normalized spacial score (nSPS) is 15.6. The molecule has 5 heteroatoms. The van der Waals surface area contributed by atoms with Crippen LogP contribution in [0.4, 0.5) is 0 Å². The summed E-state index contributed by atoms with van der Waals surface area (Å²) in [5.41, 5.74) is 7.46. The maximum absolute atomic E-state index is 11.1. The number of allylic oxidation sites excluding steroid dienone is 7. The van der Waals surface area contributed by atoms with E-state index in [-0.39, 0.29) is 11.5 Å². The van der Waals surface area contributed by atoms with Crippen LogP contribution in [0.15, 0.2) is 48.1 Å². The zero-order valence-corrected chi connectivity index (χ0v) is 8.21. The standard InChI is InChI=1S/C11H8N2O3/c12-13-9-7-8(5-6-10(9)14)3-1-2-4-11(15)16/h1-7,12H/b3-1+,4-2+. The van der Waals surface area contributed by atoms with Crippen molar-refractivity contribution in [3.05, 3.63) is 48.1 Å². The van der Waals surface area contributed by atoms with Gasteiger partial charge in [-0.1, -0.05) is 24.3 Å². The summed E-state index contributed by atoms with van der Waals surface area (Å²) in [6, 6.07) is 0. The van der Waals surface area contributed by atoms with Crippen LogP contribution in [0.2, 0.25) is 0 Å². The number of ketones is 1. The summed E-state index contributed by atoms with van der Waals surface area (Å²) < 4.78 is 0. The Balaban J connectivity index is 2.77. The van der Waals surface area contributed by atoms with Crippen molar-refractivity contribution in [2.75, 3.05) is 0 Å². The van der Waals surface area contributed by atoms with E-state index in [9.17, 15) is 14.7 Å². The first-order valence-electron chi connectivity index (χ1n) is 4.37. The van der Waals surface area contributed by atoms with Crippen molar-refractivity contribution < 1.29 is 19.5 Å². The second-order valence-corrected chi connectivity index (χ2v) is 2.88. The van der Waals surface area contributed by atoms with Crippen molar-refractivity contribution in [1.82, 2.24) is 0 Å². The van der Waals surface area contributed by atoms with Crippen molar-refractivity contribution in [2.24, 2.45) is 0 Å². The average molecular weight is 216 g/mol. The van der Waals surface area contributed by atoms with Gasteiger partial charge in [0.1, 0.15) is 0 Å². The minimum atomic E-state index is -1.28. The van der Waals surface area contributed by atoms with Crippen LogP contribution in [-0.2, 0) is 9.59 Å². The number of nitrogens with one attached hydrogen (secondary N) is 1. The van der Waals surface area contributed by atoms with E-state index in [0.29, 0.717) is 5.57 Å². The summed E-state index contributed by atoms with van der Waals surface area (Å²) in [5.74, 6) is -1.60. The van der Waals surface area contributed by atoms with Crippen LogP contribution in [0, 0.1) is 5.53 Å². The highest BCUT2D eigenvalue weighted by atomic mass is 16.4. The molecule has 16 heavy (non-hydrogen) atoms. The van der Waals surface area contributed by atoms with Crippen molar-refractivity contribution in [1.29, 1.82) is 5.53 Å². The van der Waals surface area contributed by atoms with E-state index in [0.717, 1.165) is 6.08 Å². The van der Waals surface area contributed by atoms with Gasteiger partial charge >= 0.3 is 5.71 Å². The first kappa shape index (κ1) is 11.6. The van der Waals surface area contributed by atoms with Crippen LogP contribution < -0.4 is 5.11 Å². The number of rotatable bonds is 3. The minimum Gasteiger partial charge on any atom is -0.545 e. The Morgan fingerprint density at radius 1 is 1.38 bits per heavy atom. The zero-order valence-electron chi connectivity index (χ0n) is 8.21. The van der Waals surface area contributed by atoms with Crippen LogP contribution in [0.3, 0.4) is 0 Å². The number of hydrogen-bond donors (Lipinski definition) is 1. The quantitative estimate of drug-likeness (QED) is 0.228. The molecule has 0 aromatic rings. The molecule has 0 aromatic carbocycles. The van der Waals surface area contributed by atoms with Crippen molar-refractivity contribution in [3.8, 4) is 0 Å². The summed E-state index contributed by atoms with van der Waals surface area (Å²) >= 11 is 0. The van der Waals surface area contributed by atoms with Crippen LogP contribution in [0.1, 0.15) is 0 Å². The largest absolute Gasteiger partial charge is 0.545 e. The monoisotopic (exact) mass is 216 g/mol. The molecule has 0 saturated carbocycles. The summed E-state index contributed by atoms with van der Waals surface area (Å²) in [5, 5.41) is 10.0. The fraction of sp³-hybridized carbons (Fsp3) is 0. The van der Waals surface area contributed by atoms with Gasteiger partial charge in [0, 0.05) is 6.08 Å². The number of carboxylic acids is 1. The fourth-order valence-electron chi connectivity index (χ4n) is 1.03.